The van der Waals surface area contributed by atoms with Crippen LogP contribution < -0.4 is 10.2 Å². The Kier molecular flexibility index (Phi) is 5.27. The van der Waals surface area contributed by atoms with Gasteiger partial charge in [-0.15, -0.1) is 0 Å². The van der Waals surface area contributed by atoms with E-state index in [9.17, 15) is 4.79 Å². The summed E-state index contributed by atoms with van der Waals surface area (Å²) >= 11 is 0. The Hall–Kier alpha value is -3.13. The lowest BCUT2D eigenvalue weighted by atomic mass is 10.1. The molecule has 0 heterocycles. The predicted octanol–water partition coefficient (Wildman–Crippen LogP) is 2.74. The number of amides is 1. The smallest absolute Gasteiger partial charge is 0.271 e. The lowest BCUT2D eigenvalue weighted by Gasteiger charge is -2.05. The van der Waals surface area contributed by atoms with Crippen molar-refractivity contribution in [2.75, 3.05) is 6.61 Å². The highest BCUT2D eigenvalue weighted by atomic mass is 16.5. The van der Waals surface area contributed by atoms with E-state index in [0.29, 0.717) is 17.0 Å². The van der Waals surface area contributed by atoms with E-state index in [0.717, 1.165) is 5.56 Å². The van der Waals surface area contributed by atoms with Gasteiger partial charge in [-0.2, -0.15) is 10.4 Å². The van der Waals surface area contributed by atoms with Crippen LogP contribution in [0.3, 0.4) is 0 Å². The number of nitrogens with zero attached hydrogens (tertiary/aromatic N) is 2. The van der Waals surface area contributed by atoms with E-state index in [2.05, 4.69) is 10.5 Å². The minimum atomic E-state index is -0.256. The Labute approximate surface area is 128 Å². The molecule has 0 saturated heterocycles. The van der Waals surface area contributed by atoms with Crippen molar-refractivity contribution in [3.05, 3.63) is 65.7 Å². The second-order valence-electron chi connectivity index (χ2n) is 4.48. The van der Waals surface area contributed by atoms with Crippen molar-refractivity contribution >= 4 is 11.6 Å². The van der Waals surface area contributed by atoms with Gasteiger partial charge >= 0.3 is 0 Å². The average molecular weight is 293 g/mol. The Bertz CT molecular complexity index is 701. The van der Waals surface area contributed by atoms with Crippen LogP contribution in [0.4, 0.5) is 0 Å². The largest absolute Gasteiger partial charge is 0.479 e. The molecule has 1 N–H and O–H groups in total. The zero-order valence-electron chi connectivity index (χ0n) is 12.1. The number of carbonyl (C=O) groups excluding carboxylic acids is 1. The number of nitriles is 1. The summed E-state index contributed by atoms with van der Waals surface area (Å²) in [6, 6.07) is 17.9. The van der Waals surface area contributed by atoms with Crippen LogP contribution in [-0.2, 0) is 0 Å². The second kappa shape index (κ2) is 7.60. The van der Waals surface area contributed by atoms with Gasteiger partial charge in [0.2, 0.25) is 0 Å². The molecule has 5 heteroatoms. The van der Waals surface area contributed by atoms with Crippen LogP contribution >= 0.6 is 0 Å². The maximum Gasteiger partial charge on any atom is 0.271 e. The highest BCUT2D eigenvalue weighted by molar-refractivity contribution is 6.00. The fourth-order valence-electron chi connectivity index (χ4n) is 1.76. The Morgan fingerprint density at radius 1 is 1.14 bits per heavy atom. The van der Waals surface area contributed by atoms with Gasteiger partial charge in [0.15, 0.2) is 6.61 Å². The molecule has 0 fully saturated rings. The molecule has 0 unspecified atom stereocenters. The van der Waals surface area contributed by atoms with Crippen molar-refractivity contribution in [1.29, 1.82) is 5.26 Å². The number of benzene rings is 2. The maximum atomic E-state index is 11.9. The Morgan fingerprint density at radius 2 is 1.82 bits per heavy atom. The number of rotatable bonds is 5. The van der Waals surface area contributed by atoms with Gasteiger partial charge in [0.1, 0.15) is 11.8 Å². The van der Waals surface area contributed by atoms with Gasteiger partial charge in [-0.1, -0.05) is 18.2 Å². The number of carbonyl (C=O) groups is 1. The summed E-state index contributed by atoms with van der Waals surface area (Å²) in [4.78, 5) is 11.9. The maximum absolute atomic E-state index is 11.9. The summed E-state index contributed by atoms with van der Waals surface area (Å²) in [7, 11) is 0. The van der Waals surface area contributed by atoms with Gasteiger partial charge in [-0.3, -0.25) is 4.79 Å². The molecule has 0 spiro atoms. The molecule has 0 saturated carbocycles. The highest BCUT2D eigenvalue weighted by Gasteiger charge is 2.04. The van der Waals surface area contributed by atoms with E-state index >= 15 is 0 Å². The van der Waals surface area contributed by atoms with Gasteiger partial charge in [0.25, 0.3) is 5.91 Å². The van der Waals surface area contributed by atoms with E-state index in [1.54, 1.807) is 43.3 Å². The summed E-state index contributed by atoms with van der Waals surface area (Å²) in [6.07, 6.45) is 0. The van der Waals surface area contributed by atoms with E-state index in [1.165, 1.54) is 0 Å². The molecule has 0 atom stereocenters. The summed E-state index contributed by atoms with van der Waals surface area (Å²) < 4.78 is 5.18. The molecule has 110 valence electrons. The van der Waals surface area contributed by atoms with Gasteiger partial charge in [-0.05, 0) is 48.9 Å². The van der Waals surface area contributed by atoms with E-state index in [1.807, 2.05) is 24.3 Å². The summed E-state index contributed by atoms with van der Waals surface area (Å²) in [5.74, 6) is 0.361. The third-order valence-corrected chi connectivity index (χ3v) is 2.94. The summed E-state index contributed by atoms with van der Waals surface area (Å²) in [5, 5.41) is 12.5. The first-order valence-electron chi connectivity index (χ1n) is 6.70. The van der Waals surface area contributed by atoms with Crippen LogP contribution in [0, 0.1) is 11.3 Å². The molecule has 0 aliphatic carbocycles. The lowest BCUT2D eigenvalue weighted by Crippen LogP contribution is -2.19. The quantitative estimate of drug-likeness (QED) is 0.680. The van der Waals surface area contributed by atoms with E-state index < -0.39 is 0 Å². The molecular weight excluding hydrogens is 278 g/mol. The van der Waals surface area contributed by atoms with Gasteiger partial charge in [0.05, 0.1) is 5.71 Å². The fraction of sp³-hybridized carbons (Fsp3) is 0.118. The second-order valence-corrected chi connectivity index (χ2v) is 4.48. The molecular formula is C17H15N3O2. The number of hydrogen-bond donors (Lipinski definition) is 1. The van der Waals surface area contributed by atoms with Crippen LogP contribution in [0.25, 0.3) is 0 Å². The number of ether oxygens (including phenoxy) is 1. The summed E-state index contributed by atoms with van der Waals surface area (Å²) in [5.41, 5.74) is 4.61. The minimum absolute atomic E-state index is 0.0134. The molecule has 2 aromatic rings. The summed E-state index contributed by atoms with van der Waals surface area (Å²) in [6.45, 7) is 1.82. The molecule has 0 aliphatic rings. The van der Waals surface area contributed by atoms with Crippen LogP contribution in [0.2, 0.25) is 0 Å². The highest BCUT2D eigenvalue weighted by Crippen LogP contribution is 2.12. The molecule has 0 aliphatic heterocycles. The zero-order chi connectivity index (χ0) is 15.8. The molecule has 0 aromatic heterocycles. The SMILES string of the molecule is C/C(=N/NC(=O)c1ccccc1)c1ccc(OCC#N)cc1. The molecule has 22 heavy (non-hydrogen) atoms. The van der Waals surface area contributed by atoms with Crippen LogP contribution in [0.15, 0.2) is 59.7 Å². The van der Waals surface area contributed by atoms with Gasteiger partial charge in [-0.25, -0.2) is 5.43 Å². The van der Waals surface area contributed by atoms with Crippen LogP contribution in [0.5, 0.6) is 5.75 Å². The van der Waals surface area contributed by atoms with E-state index in [-0.39, 0.29) is 12.5 Å². The van der Waals surface area contributed by atoms with Crippen molar-refractivity contribution in [2.24, 2.45) is 5.10 Å². The standard InChI is InChI=1S/C17H15N3O2/c1-13(14-7-9-16(10-8-14)22-12-11-18)19-20-17(21)15-5-3-2-4-6-15/h2-10H,12H2,1H3,(H,20,21)/b19-13-. The van der Waals surface area contributed by atoms with Crippen molar-refractivity contribution in [3.8, 4) is 11.8 Å². The third kappa shape index (κ3) is 4.18. The number of hydrogen-bond acceptors (Lipinski definition) is 4. The van der Waals surface area contributed by atoms with Crippen LogP contribution in [0.1, 0.15) is 22.8 Å². The molecule has 0 bridgehead atoms. The first-order chi connectivity index (χ1) is 10.7. The van der Waals surface area contributed by atoms with E-state index in [4.69, 9.17) is 10.00 Å². The molecule has 5 nitrogen and oxygen atoms in total. The fourth-order valence-corrected chi connectivity index (χ4v) is 1.76. The number of nitrogens with one attached hydrogen (secondary N) is 1. The molecule has 2 aromatic carbocycles. The third-order valence-electron chi connectivity index (χ3n) is 2.94. The van der Waals surface area contributed by atoms with Crippen molar-refractivity contribution < 1.29 is 9.53 Å². The molecule has 2 rings (SSSR count). The molecule has 0 radical (unpaired) electrons. The first kappa shape index (κ1) is 15.3. The molecule has 1 amide bonds. The minimum Gasteiger partial charge on any atom is -0.479 e. The topological polar surface area (TPSA) is 74.5 Å². The van der Waals surface area contributed by atoms with Gasteiger partial charge < -0.3 is 4.74 Å². The Balaban J connectivity index is 2.00. The normalized spacial score (nSPS) is 10.6. The number of hydrazone groups is 1. The average Bonchev–Trinajstić information content (AvgIpc) is 2.58. The Morgan fingerprint density at radius 3 is 2.45 bits per heavy atom. The van der Waals surface area contributed by atoms with Crippen LogP contribution in [-0.4, -0.2) is 18.2 Å². The van der Waals surface area contributed by atoms with Crippen molar-refractivity contribution in [3.63, 3.8) is 0 Å². The monoisotopic (exact) mass is 293 g/mol. The predicted molar refractivity (Wildman–Crippen MR) is 83.7 cm³/mol. The first-order valence-corrected chi connectivity index (χ1v) is 6.70. The van der Waals surface area contributed by atoms with Crippen molar-refractivity contribution in [2.45, 2.75) is 6.92 Å². The lowest BCUT2D eigenvalue weighted by molar-refractivity contribution is 0.0955. The van der Waals surface area contributed by atoms with Crippen molar-refractivity contribution in [1.82, 2.24) is 5.43 Å². The zero-order valence-corrected chi connectivity index (χ0v) is 12.1. The van der Waals surface area contributed by atoms with Gasteiger partial charge in [0, 0.05) is 5.56 Å².